The first kappa shape index (κ1) is 27.0. The Kier molecular flexibility index (Phi) is 8.07. The molecule has 0 bridgehead atoms. The van der Waals surface area contributed by atoms with Crippen molar-refractivity contribution in [2.24, 2.45) is 17.6 Å². The van der Waals surface area contributed by atoms with Crippen LogP contribution in [0.3, 0.4) is 0 Å². The second-order valence-corrected chi connectivity index (χ2v) is 10.6. The van der Waals surface area contributed by atoms with Gasteiger partial charge in [0.1, 0.15) is 22.5 Å². The van der Waals surface area contributed by atoms with Gasteiger partial charge in [0.2, 0.25) is 18.1 Å². The summed E-state index contributed by atoms with van der Waals surface area (Å²) < 4.78 is 1.75. The summed E-state index contributed by atoms with van der Waals surface area (Å²) in [6, 6.07) is 6.74. The molecule has 0 spiro atoms. The first-order valence-corrected chi connectivity index (χ1v) is 13.6. The number of primary amides is 1. The number of amides is 2. The zero-order valence-electron chi connectivity index (χ0n) is 21.5. The van der Waals surface area contributed by atoms with E-state index in [1.807, 2.05) is 0 Å². The monoisotopic (exact) mass is 548 g/mol. The summed E-state index contributed by atoms with van der Waals surface area (Å²) in [5.41, 5.74) is 7.62. The predicted molar refractivity (Wildman–Crippen MR) is 146 cm³/mol. The number of aliphatic hydroxyl groups excluding tert-OH is 2. The largest absolute Gasteiger partial charge is 0.390 e. The molecular formula is C29H31ClN5O4+. The molecule has 1 unspecified atom stereocenters. The highest BCUT2D eigenvalue weighted by Gasteiger charge is 2.44. The van der Waals surface area contributed by atoms with Gasteiger partial charge in [0.05, 0.1) is 18.8 Å². The molecule has 39 heavy (non-hydrogen) atoms. The van der Waals surface area contributed by atoms with Gasteiger partial charge < -0.3 is 20.8 Å². The molecule has 10 heteroatoms. The zero-order chi connectivity index (χ0) is 27.5. The Hall–Kier alpha value is -3.58. The lowest BCUT2D eigenvalue weighted by atomic mass is 9.88. The van der Waals surface area contributed by atoms with Gasteiger partial charge in [-0.05, 0) is 42.1 Å². The number of carbonyl (C=O) groups is 2. The molecule has 4 N–H and O–H groups in total. The molecule has 9 nitrogen and oxygen atoms in total. The van der Waals surface area contributed by atoms with Crippen LogP contribution >= 0.6 is 11.6 Å². The number of halogens is 1. The van der Waals surface area contributed by atoms with Crippen molar-refractivity contribution in [3.63, 3.8) is 0 Å². The first-order chi connectivity index (χ1) is 18.8. The van der Waals surface area contributed by atoms with Crippen molar-refractivity contribution in [3.05, 3.63) is 58.6 Å². The van der Waals surface area contributed by atoms with Crippen molar-refractivity contribution in [2.75, 3.05) is 13.1 Å². The molecule has 1 aromatic carbocycles. The standard InChI is InChI=1S/C29H30ClN5O4/c30-26-22-11-13-35(28(22)33-17-32-26)23-15-21(24(36)25(23)37)16-34(29(39)19-8-2-1-3-9-19)12-5-7-18-6-4-10-20(14-18)27(31)38/h4,6,10-11,13-14,17,19,21,24-25,36-37H,1-3,8-9,12,15-16H2,(H-,31,38)/p+1/t21?,24-,25+/m1/s1. The summed E-state index contributed by atoms with van der Waals surface area (Å²) in [5, 5.41) is 22.3. The summed E-state index contributed by atoms with van der Waals surface area (Å²) >= 11 is 6.20. The van der Waals surface area contributed by atoms with Crippen LogP contribution in [0, 0.1) is 23.7 Å². The van der Waals surface area contributed by atoms with E-state index >= 15 is 0 Å². The number of aliphatic hydroxyl groups is 2. The summed E-state index contributed by atoms with van der Waals surface area (Å²) in [7, 11) is 0. The van der Waals surface area contributed by atoms with Crippen molar-refractivity contribution in [1.29, 1.82) is 0 Å². The second-order valence-electron chi connectivity index (χ2n) is 10.3. The molecule has 1 aromatic heterocycles. The van der Waals surface area contributed by atoms with Gasteiger partial charge in [-0.15, -0.1) is 0 Å². The number of aromatic nitrogens is 2. The van der Waals surface area contributed by atoms with Gasteiger partial charge >= 0.3 is 5.82 Å². The van der Waals surface area contributed by atoms with Gasteiger partial charge in [-0.1, -0.05) is 48.8 Å². The maximum Gasteiger partial charge on any atom is 0.340 e. The van der Waals surface area contributed by atoms with Gasteiger partial charge in [-0.25, -0.2) is 4.58 Å². The van der Waals surface area contributed by atoms with Crippen LogP contribution in [0.1, 0.15) is 60.0 Å². The van der Waals surface area contributed by atoms with Gasteiger partial charge in [-0.2, -0.15) is 4.98 Å². The summed E-state index contributed by atoms with van der Waals surface area (Å²) in [4.78, 5) is 35.1. The molecule has 5 rings (SSSR count). The lowest BCUT2D eigenvalue weighted by Crippen LogP contribution is -2.42. The zero-order valence-corrected chi connectivity index (χ0v) is 22.2. The van der Waals surface area contributed by atoms with E-state index in [4.69, 9.17) is 17.3 Å². The van der Waals surface area contributed by atoms with Gasteiger partial charge in [-0.3, -0.25) is 9.59 Å². The number of hydrogen-bond donors (Lipinski definition) is 3. The third-order valence-electron chi connectivity index (χ3n) is 7.73. The SMILES string of the molecule is NC(=O)c1cccc(C#CCN(CC2CC(=[N+]3C=Cc4c(Cl)ncnc43)[C@H](O)[C@@H]2O)C(=O)C2CCCCC2)c1. The Balaban J connectivity index is 1.38. The van der Waals surface area contributed by atoms with E-state index in [-0.39, 0.29) is 24.9 Å². The minimum atomic E-state index is -1.12. The van der Waals surface area contributed by atoms with E-state index in [1.165, 1.54) is 6.33 Å². The molecular weight excluding hydrogens is 518 g/mol. The molecule has 2 saturated carbocycles. The van der Waals surface area contributed by atoms with Crippen LogP contribution in [0.15, 0.2) is 36.8 Å². The molecule has 2 aromatic rings. The molecule has 2 amide bonds. The predicted octanol–water partition coefficient (Wildman–Crippen LogP) is 2.50. The average molecular weight is 549 g/mol. The molecule has 2 fully saturated rings. The van der Waals surface area contributed by atoms with Crippen LogP contribution in [-0.2, 0) is 4.79 Å². The van der Waals surface area contributed by atoms with Crippen LogP contribution in [0.2, 0.25) is 5.15 Å². The van der Waals surface area contributed by atoms with Crippen LogP contribution in [0.4, 0.5) is 5.82 Å². The van der Waals surface area contributed by atoms with Crippen molar-refractivity contribution < 1.29 is 24.4 Å². The van der Waals surface area contributed by atoms with E-state index in [2.05, 4.69) is 21.8 Å². The Morgan fingerprint density at radius 3 is 2.74 bits per heavy atom. The molecule has 3 aliphatic rings. The third-order valence-corrected chi connectivity index (χ3v) is 8.03. The molecule has 3 atom stereocenters. The minimum absolute atomic E-state index is 0.0240. The number of nitrogens with zero attached hydrogens (tertiary/aromatic N) is 4. The highest BCUT2D eigenvalue weighted by Crippen LogP contribution is 2.34. The number of fused-ring (bicyclic) bond motifs is 1. The molecule has 2 aliphatic carbocycles. The third kappa shape index (κ3) is 5.74. The molecule has 0 saturated heterocycles. The second kappa shape index (κ2) is 11.7. The number of carbonyl (C=O) groups excluding carboxylic acids is 2. The molecule has 0 radical (unpaired) electrons. The van der Waals surface area contributed by atoms with E-state index in [0.29, 0.717) is 39.8 Å². The highest BCUT2D eigenvalue weighted by molar-refractivity contribution is 6.31. The molecule has 1 aliphatic heterocycles. The number of nitrogens with two attached hydrogens (primary N) is 1. The van der Waals surface area contributed by atoms with Gasteiger partial charge in [0, 0.05) is 35.9 Å². The fourth-order valence-corrected chi connectivity index (χ4v) is 5.83. The van der Waals surface area contributed by atoms with Crippen molar-refractivity contribution in [3.8, 4) is 11.8 Å². The fraction of sp³-hybridized carbons (Fsp3) is 0.414. The summed E-state index contributed by atoms with van der Waals surface area (Å²) in [6.07, 6.45) is 7.94. The maximum atomic E-state index is 13.6. The fourth-order valence-electron chi connectivity index (χ4n) is 5.64. The van der Waals surface area contributed by atoms with Crippen LogP contribution in [0.25, 0.3) is 6.08 Å². The van der Waals surface area contributed by atoms with Gasteiger partial charge in [0.25, 0.3) is 0 Å². The Morgan fingerprint density at radius 1 is 1.18 bits per heavy atom. The van der Waals surface area contributed by atoms with Gasteiger partial charge in [0.15, 0.2) is 0 Å². The normalized spacial score (nSPS) is 24.2. The van der Waals surface area contributed by atoms with Crippen molar-refractivity contribution in [2.45, 2.75) is 50.7 Å². The van der Waals surface area contributed by atoms with Crippen molar-refractivity contribution >= 4 is 41.0 Å². The Morgan fingerprint density at radius 2 is 1.97 bits per heavy atom. The van der Waals surface area contributed by atoms with E-state index in [1.54, 1.807) is 46.0 Å². The number of benzene rings is 1. The summed E-state index contributed by atoms with van der Waals surface area (Å²) in [6.45, 7) is 0.419. The Labute approximate surface area is 232 Å². The van der Waals surface area contributed by atoms with Crippen LogP contribution in [-0.4, -0.2) is 72.5 Å². The smallest absolute Gasteiger partial charge is 0.340 e. The highest BCUT2D eigenvalue weighted by atomic mass is 35.5. The van der Waals surface area contributed by atoms with E-state index < -0.39 is 24.0 Å². The van der Waals surface area contributed by atoms with Crippen LogP contribution in [0.5, 0.6) is 0 Å². The quantitative estimate of drug-likeness (QED) is 0.299. The molecule has 2 heterocycles. The lowest BCUT2D eigenvalue weighted by molar-refractivity contribution is -0.365. The van der Waals surface area contributed by atoms with E-state index in [0.717, 1.165) is 32.1 Å². The number of hydrogen-bond acceptors (Lipinski definition) is 6. The lowest BCUT2D eigenvalue weighted by Gasteiger charge is -2.30. The first-order valence-electron chi connectivity index (χ1n) is 13.2. The number of rotatable bonds is 5. The average Bonchev–Trinajstić information content (AvgIpc) is 3.50. The maximum absolute atomic E-state index is 13.6. The summed E-state index contributed by atoms with van der Waals surface area (Å²) in [5.74, 6) is 5.69. The minimum Gasteiger partial charge on any atom is -0.390 e. The topological polar surface area (TPSA) is 133 Å². The van der Waals surface area contributed by atoms with Crippen molar-refractivity contribution in [1.82, 2.24) is 14.9 Å². The Bertz CT molecular complexity index is 1410. The molecule has 202 valence electrons. The van der Waals surface area contributed by atoms with Crippen LogP contribution < -0.4 is 5.73 Å². The van der Waals surface area contributed by atoms with E-state index in [9.17, 15) is 19.8 Å².